The lowest BCUT2D eigenvalue weighted by Crippen LogP contribution is -2.32. The Hall–Kier alpha value is -2.91. The molecule has 126 valence electrons. The molecule has 0 radical (unpaired) electrons. The fourth-order valence-corrected chi connectivity index (χ4v) is 2.91. The second-order valence-electron chi connectivity index (χ2n) is 6.10. The Kier molecular flexibility index (Phi) is 5.26. The fraction of sp³-hybridized carbons (Fsp3) is 0.136. The molecule has 0 heterocycles. The fourth-order valence-electron chi connectivity index (χ4n) is 2.91. The Morgan fingerprint density at radius 3 is 1.68 bits per heavy atom. The number of benzene rings is 3. The highest BCUT2D eigenvalue weighted by molar-refractivity contribution is 5.75. The van der Waals surface area contributed by atoms with E-state index in [1.54, 1.807) is 0 Å². The third kappa shape index (κ3) is 4.14. The van der Waals surface area contributed by atoms with Gasteiger partial charge in [-0.2, -0.15) is 0 Å². The highest BCUT2D eigenvalue weighted by Gasteiger charge is 2.25. The highest BCUT2D eigenvalue weighted by atomic mass is 16.4. The second-order valence-corrected chi connectivity index (χ2v) is 6.10. The zero-order valence-corrected chi connectivity index (χ0v) is 14.1. The Morgan fingerprint density at radius 2 is 1.24 bits per heavy atom. The van der Waals surface area contributed by atoms with Crippen molar-refractivity contribution in [3.8, 4) is 0 Å². The molecule has 0 aliphatic heterocycles. The molecule has 25 heavy (non-hydrogen) atoms. The van der Waals surface area contributed by atoms with Gasteiger partial charge in [0.25, 0.3) is 0 Å². The van der Waals surface area contributed by atoms with Gasteiger partial charge in [-0.05, 0) is 23.6 Å². The van der Waals surface area contributed by atoms with Gasteiger partial charge in [0.2, 0.25) is 0 Å². The smallest absolute Gasteiger partial charge is 0.325 e. The number of aryl methyl sites for hydroxylation is 1. The van der Waals surface area contributed by atoms with Gasteiger partial charge in [0.1, 0.15) is 6.04 Å². The normalized spacial score (nSPS) is 12.1. The molecule has 0 amide bonds. The first-order chi connectivity index (χ1) is 12.1. The Labute approximate surface area is 148 Å². The first-order valence-corrected chi connectivity index (χ1v) is 8.30. The van der Waals surface area contributed by atoms with E-state index in [2.05, 4.69) is 5.32 Å². The summed E-state index contributed by atoms with van der Waals surface area (Å²) in [6.07, 6.45) is 0. The van der Waals surface area contributed by atoms with Crippen LogP contribution in [0.3, 0.4) is 0 Å². The van der Waals surface area contributed by atoms with Crippen LogP contribution in [-0.4, -0.2) is 11.1 Å². The third-order valence-corrected chi connectivity index (χ3v) is 4.26. The molecule has 0 spiro atoms. The summed E-state index contributed by atoms with van der Waals surface area (Å²) >= 11 is 0. The Balaban J connectivity index is 1.98. The van der Waals surface area contributed by atoms with Gasteiger partial charge >= 0.3 is 5.97 Å². The van der Waals surface area contributed by atoms with E-state index in [9.17, 15) is 9.90 Å². The quantitative estimate of drug-likeness (QED) is 0.699. The van der Waals surface area contributed by atoms with Crippen molar-refractivity contribution in [2.24, 2.45) is 0 Å². The van der Waals surface area contributed by atoms with Crippen molar-refractivity contribution in [1.29, 1.82) is 0 Å². The van der Waals surface area contributed by atoms with Crippen molar-refractivity contribution in [3.63, 3.8) is 0 Å². The van der Waals surface area contributed by atoms with Gasteiger partial charge in [-0.15, -0.1) is 0 Å². The number of carboxylic acid groups (broad SMARTS) is 1. The maximum absolute atomic E-state index is 11.9. The van der Waals surface area contributed by atoms with Crippen molar-refractivity contribution in [3.05, 3.63) is 107 Å². The topological polar surface area (TPSA) is 49.3 Å². The number of carbonyl (C=O) groups is 1. The molecule has 0 fully saturated rings. The van der Waals surface area contributed by atoms with Gasteiger partial charge in [0, 0.05) is 0 Å². The lowest BCUT2D eigenvalue weighted by Gasteiger charge is -2.25. The minimum Gasteiger partial charge on any atom is -0.480 e. The molecule has 1 atom stereocenters. The summed E-state index contributed by atoms with van der Waals surface area (Å²) in [5.41, 5.74) is 3.92. The molecule has 3 aromatic rings. The van der Waals surface area contributed by atoms with Gasteiger partial charge in [-0.3, -0.25) is 10.1 Å². The van der Waals surface area contributed by atoms with Crippen LogP contribution in [0.1, 0.15) is 34.3 Å². The van der Waals surface area contributed by atoms with Crippen molar-refractivity contribution >= 4 is 5.97 Å². The van der Waals surface area contributed by atoms with E-state index in [1.165, 1.54) is 0 Å². The zero-order chi connectivity index (χ0) is 17.6. The molecule has 2 N–H and O–H groups in total. The standard InChI is InChI=1S/C22H21NO2/c1-16-12-14-19(15-13-16)21(22(24)25)23-20(17-8-4-2-5-9-17)18-10-6-3-7-11-18/h2-15,20-21,23H,1H3,(H,24,25). The first-order valence-electron chi connectivity index (χ1n) is 8.30. The molecule has 3 heteroatoms. The lowest BCUT2D eigenvalue weighted by atomic mass is 9.96. The second kappa shape index (κ2) is 7.77. The van der Waals surface area contributed by atoms with Gasteiger partial charge in [0.05, 0.1) is 6.04 Å². The van der Waals surface area contributed by atoms with E-state index >= 15 is 0 Å². The number of hydrogen-bond acceptors (Lipinski definition) is 2. The molecule has 3 nitrogen and oxygen atoms in total. The van der Waals surface area contributed by atoms with E-state index in [-0.39, 0.29) is 6.04 Å². The highest BCUT2D eigenvalue weighted by Crippen LogP contribution is 2.26. The molecule has 0 bridgehead atoms. The minimum absolute atomic E-state index is 0.204. The van der Waals surface area contributed by atoms with Crippen LogP contribution in [0.15, 0.2) is 84.9 Å². The van der Waals surface area contributed by atoms with Crippen LogP contribution in [0.4, 0.5) is 0 Å². The third-order valence-electron chi connectivity index (χ3n) is 4.26. The average Bonchev–Trinajstić information content (AvgIpc) is 2.65. The van der Waals surface area contributed by atoms with Crippen LogP contribution in [0, 0.1) is 6.92 Å². The van der Waals surface area contributed by atoms with Gasteiger partial charge in [-0.25, -0.2) is 0 Å². The average molecular weight is 331 g/mol. The Morgan fingerprint density at radius 1 is 0.760 bits per heavy atom. The summed E-state index contributed by atoms with van der Waals surface area (Å²) in [5, 5.41) is 13.1. The van der Waals surface area contributed by atoms with Crippen LogP contribution in [0.2, 0.25) is 0 Å². The number of hydrogen-bond donors (Lipinski definition) is 2. The van der Waals surface area contributed by atoms with Crippen LogP contribution in [0.25, 0.3) is 0 Å². The number of aliphatic carboxylic acids is 1. The minimum atomic E-state index is -0.888. The van der Waals surface area contributed by atoms with Crippen LogP contribution >= 0.6 is 0 Å². The van der Waals surface area contributed by atoms with E-state index < -0.39 is 12.0 Å². The summed E-state index contributed by atoms with van der Waals surface area (Å²) in [4.78, 5) is 11.9. The van der Waals surface area contributed by atoms with Gasteiger partial charge in [-0.1, -0.05) is 90.5 Å². The summed E-state index contributed by atoms with van der Waals surface area (Å²) in [6.45, 7) is 1.99. The summed E-state index contributed by atoms with van der Waals surface area (Å²) < 4.78 is 0. The molecule has 0 aliphatic rings. The predicted molar refractivity (Wildman–Crippen MR) is 99.4 cm³/mol. The molecule has 1 unspecified atom stereocenters. The van der Waals surface area contributed by atoms with E-state index in [0.717, 1.165) is 22.3 Å². The molecule has 3 aromatic carbocycles. The van der Waals surface area contributed by atoms with Crippen LogP contribution < -0.4 is 5.32 Å². The monoisotopic (exact) mass is 331 g/mol. The molecular formula is C22H21NO2. The first kappa shape index (κ1) is 16.9. The molecule has 0 aliphatic carbocycles. The molecular weight excluding hydrogens is 310 g/mol. The maximum atomic E-state index is 11.9. The van der Waals surface area contributed by atoms with Crippen molar-refractivity contribution in [1.82, 2.24) is 5.32 Å². The van der Waals surface area contributed by atoms with Crippen molar-refractivity contribution in [2.45, 2.75) is 19.0 Å². The number of carboxylic acids is 1. The molecule has 0 saturated carbocycles. The Bertz CT molecular complexity index is 774. The largest absolute Gasteiger partial charge is 0.480 e. The van der Waals surface area contributed by atoms with Gasteiger partial charge < -0.3 is 5.11 Å². The van der Waals surface area contributed by atoms with Gasteiger partial charge in [0.15, 0.2) is 0 Å². The zero-order valence-electron chi connectivity index (χ0n) is 14.1. The number of rotatable bonds is 6. The summed E-state index contributed by atoms with van der Waals surface area (Å²) in [6, 6.07) is 26.5. The van der Waals surface area contributed by atoms with Crippen LogP contribution in [-0.2, 0) is 4.79 Å². The summed E-state index contributed by atoms with van der Waals surface area (Å²) in [5.74, 6) is -0.888. The maximum Gasteiger partial charge on any atom is 0.325 e. The van der Waals surface area contributed by atoms with E-state index in [0.29, 0.717) is 0 Å². The SMILES string of the molecule is Cc1ccc(C(NC(c2ccccc2)c2ccccc2)C(=O)O)cc1. The lowest BCUT2D eigenvalue weighted by molar-refractivity contribution is -0.139. The molecule has 3 rings (SSSR count). The van der Waals surface area contributed by atoms with Crippen molar-refractivity contribution in [2.75, 3.05) is 0 Å². The molecule has 0 aromatic heterocycles. The van der Waals surface area contributed by atoms with Crippen LogP contribution in [0.5, 0.6) is 0 Å². The number of nitrogens with one attached hydrogen (secondary N) is 1. The van der Waals surface area contributed by atoms with Crippen molar-refractivity contribution < 1.29 is 9.90 Å². The predicted octanol–water partition coefficient (Wildman–Crippen LogP) is 4.50. The summed E-state index contributed by atoms with van der Waals surface area (Å²) in [7, 11) is 0. The van der Waals surface area contributed by atoms with E-state index in [4.69, 9.17) is 0 Å². The van der Waals surface area contributed by atoms with E-state index in [1.807, 2.05) is 91.9 Å². The molecule has 0 saturated heterocycles.